The number of amides is 1. The largest absolute Gasteiger partial charge is 0.349 e. The highest BCUT2D eigenvalue weighted by atomic mass is 16.1. The van der Waals surface area contributed by atoms with Gasteiger partial charge in [0.2, 0.25) is 5.91 Å². The Labute approximate surface area is 72.4 Å². The van der Waals surface area contributed by atoms with E-state index < -0.39 is 0 Å². The molecule has 2 fully saturated rings. The fraction of sp³-hybridized carbons (Fsp3) is 0.667. The van der Waals surface area contributed by atoms with Gasteiger partial charge in [-0.15, -0.1) is 0 Å². The Kier molecular flexibility index (Phi) is 1.68. The molecule has 2 unspecified atom stereocenters. The predicted octanol–water partition coefficient (Wildman–Crippen LogP) is -0.151. The fourth-order valence-electron chi connectivity index (χ4n) is 2.17. The Morgan fingerprint density at radius 2 is 2.17 bits per heavy atom. The molecule has 1 aliphatic carbocycles. The molecule has 1 saturated carbocycles. The van der Waals surface area contributed by atoms with Gasteiger partial charge in [-0.3, -0.25) is 4.79 Å². The van der Waals surface area contributed by atoms with E-state index in [0.29, 0.717) is 17.9 Å². The molecule has 2 rings (SSSR count). The first kappa shape index (κ1) is 7.80. The van der Waals surface area contributed by atoms with Crippen molar-refractivity contribution < 1.29 is 4.79 Å². The van der Waals surface area contributed by atoms with Crippen LogP contribution in [0.15, 0.2) is 12.7 Å². The minimum atomic E-state index is -0.0305. The number of nitrogens with one attached hydrogen (secondary N) is 1. The lowest BCUT2D eigenvalue weighted by Gasteiger charge is -2.12. The van der Waals surface area contributed by atoms with E-state index in [1.807, 2.05) is 0 Å². The molecule has 1 aliphatic heterocycles. The van der Waals surface area contributed by atoms with Crippen LogP contribution in [0.3, 0.4) is 0 Å². The molecule has 0 spiro atoms. The van der Waals surface area contributed by atoms with E-state index >= 15 is 0 Å². The van der Waals surface area contributed by atoms with E-state index in [1.165, 1.54) is 6.08 Å². The molecule has 0 aromatic heterocycles. The topological polar surface area (TPSA) is 32.3 Å². The van der Waals surface area contributed by atoms with Crippen molar-refractivity contribution in [1.82, 2.24) is 10.2 Å². The van der Waals surface area contributed by atoms with Crippen LogP contribution in [-0.4, -0.2) is 37.0 Å². The zero-order valence-corrected chi connectivity index (χ0v) is 7.29. The molecule has 0 aromatic rings. The molecule has 0 aromatic carbocycles. The lowest BCUT2D eigenvalue weighted by molar-refractivity contribution is -0.116. The number of likely N-dealkylation sites (tertiary alicyclic amines) is 1. The first-order valence-electron chi connectivity index (χ1n) is 4.34. The summed E-state index contributed by atoms with van der Waals surface area (Å²) < 4.78 is 0. The van der Waals surface area contributed by atoms with Gasteiger partial charge in [0.1, 0.15) is 0 Å². The standard InChI is InChI=1S/C9H14N2O/c1-3-8(12)10-9-6-4-11(2)5-7(6)9/h3,6-7,9H,1,4-5H2,2H3,(H,10,12). The van der Waals surface area contributed by atoms with Gasteiger partial charge in [0.15, 0.2) is 0 Å². The third kappa shape index (κ3) is 1.14. The SMILES string of the molecule is C=CC(=O)NC1C2CN(C)CC21. The van der Waals surface area contributed by atoms with Crippen molar-refractivity contribution >= 4 is 5.91 Å². The Hall–Kier alpha value is -0.830. The Bertz CT molecular complexity index is 215. The summed E-state index contributed by atoms with van der Waals surface area (Å²) in [6, 6.07) is 0.437. The molecule has 2 aliphatic rings. The van der Waals surface area contributed by atoms with E-state index in [1.54, 1.807) is 0 Å². The van der Waals surface area contributed by atoms with Gasteiger partial charge in [0.25, 0.3) is 0 Å². The second kappa shape index (κ2) is 2.59. The van der Waals surface area contributed by atoms with Crippen LogP contribution in [0.2, 0.25) is 0 Å². The minimum Gasteiger partial charge on any atom is -0.349 e. The zero-order chi connectivity index (χ0) is 8.72. The van der Waals surface area contributed by atoms with Crippen LogP contribution in [-0.2, 0) is 4.79 Å². The maximum atomic E-state index is 10.9. The fourth-order valence-corrected chi connectivity index (χ4v) is 2.17. The molecule has 12 heavy (non-hydrogen) atoms. The van der Waals surface area contributed by atoms with Gasteiger partial charge in [-0.2, -0.15) is 0 Å². The first-order valence-corrected chi connectivity index (χ1v) is 4.34. The minimum absolute atomic E-state index is 0.0305. The highest BCUT2D eigenvalue weighted by Crippen LogP contribution is 2.44. The van der Waals surface area contributed by atoms with Gasteiger partial charge < -0.3 is 10.2 Å². The quantitative estimate of drug-likeness (QED) is 0.578. The third-order valence-corrected chi connectivity index (χ3v) is 2.87. The summed E-state index contributed by atoms with van der Waals surface area (Å²) in [7, 11) is 2.12. The number of nitrogens with zero attached hydrogens (tertiary/aromatic N) is 1. The molecular weight excluding hydrogens is 152 g/mol. The Balaban J connectivity index is 1.82. The summed E-state index contributed by atoms with van der Waals surface area (Å²) in [5.74, 6) is 1.38. The molecule has 0 bridgehead atoms. The normalized spacial score (nSPS) is 38.9. The van der Waals surface area contributed by atoms with Gasteiger partial charge in [-0.1, -0.05) is 6.58 Å². The summed E-state index contributed by atoms with van der Waals surface area (Å²) in [6.07, 6.45) is 1.34. The van der Waals surface area contributed by atoms with Crippen LogP contribution >= 0.6 is 0 Å². The second-order valence-corrected chi connectivity index (χ2v) is 3.79. The van der Waals surface area contributed by atoms with Crippen molar-refractivity contribution in [1.29, 1.82) is 0 Å². The molecule has 66 valence electrons. The molecule has 1 N–H and O–H groups in total. The van der Waals surface area contributed by atoms with Gasteiger partial charge in [0, 0.05) is 19.1 Å². The van der Waals surface area contributed by atoms with Crippen molar-refractivity contribution in [2.75, 3.05) is 20.1 Å². The Morgan fingerprint density at radius 1 is 1.58 bits per heavy atom. The van der Waals surface area contributed by atoms with Gasteiger partial charge in [0.05, 0.1) is 0 Å². The highest BCUT2D eigenvalue weighted by molar-refractivity contribution is 5.87. The third-order valence-electron chi connectivity index (χ3n) is 2.87. The summed E-state index contributed by atoms with van der Waals surface area (Å²) >= 11 is 0. The number of hydrogen-bond acceptors (Lipinski definition) is 2. The average molecular weight is 166 g/mol. The molecular formula is C9H14N2O. The summed E-state index contributed by atoms with van der Waals surface area (Å²) in [5, 5.41) is 2.94. The summed E-state index contributed by atoms with van der Waals surface area (Å²) in [4.78, 5) is 13.2. The smallest absolute Gasteiger partial charge is 0.243 e. The van der Waals surface area contributed by atoms with E-state index in [4.69, 9.17) is 0 Å². The number of hydrogen-bond donors (Lipinski definition) is 1. The number of fused-ring (bicyclic) bond motifs is 1. The second-order valence-electron chi connectivity index (χ2n) is 3.79. The van der Waals surface area contributed by atoms with Crippen molar-refractivity contribution in [3.05, 3.63) is 12.7 Å². The van der Waals surface area contributed by atoms with E-state index in [0.717, 1.165) is 13.1 Å². The van der Waals surface area contributed by atoms with Crippen LogP contribution in [0.4, 0.5) is 0 Å². The van der Waals surface area contributed by atoms with Crippen LogP contribution < -0.4 is 5.32 Å². The summed E-state index contributed by atoms with van der Waals surface area (Å²) in [5.41, 5.74) is 0. The van der Waals surface area contributed by atoms with Crippen LogP contribution in [0, 0.1) is 11.8 Å². The number of piperidine rings is 1. The lowest BCUT2D eigenvalue weighted by Crippen LogP contribution is -2.32. The predicted molar refractivity (Wildman–Crippen MR) is 46.6 cm³/mol. The maximum Gasteiger partial charge on any atom is 0.243 e. The maximum absolute atomic E-state index is 10.9. The van der Waals surface area contributed by atoms with E-state index in [-0.39, 0.29) is 5.91 Å². The van der Waals surface area contributed by atoms with Crippen LogP contribution in [0.5, 0.6) is 0 Å². The monoisotopic (exact) mass is 166 g/mol. The molecule has 1 saturated heterocycles. The van der Waals surface area contributed by atoms with Gasteiger partial charge in [-0.05, 0) is 25.0 Å². The molecule has 0 radical (unpaired) electrons. The van der Waals surface area contributed by atoms with Crippen molar-refractivity contribution in [3.63, 3.8) is 0 Å². The van der Waals surface area contributed by atoms with Crippen molar-refractivity contribution in [2.24, 2.45) is 11.8 Å². The first-order chi connectivity index (χ1) is 5.72. The van der Waals surface area contributed by atoms with Crippen molar-refractivity contribution in [2.45, 2.75) is 6.04 Å². The van der Waals surface area contributed by atoms with E-state index in [9.17, 15) is 4.79 Å². The van der Waals surface area contributed by atoms with E-state index in [2.05, 4.69) is 23.8 Å². The molecule has 3 nitrogen and oxygen atoms in total. The lowest BCUT2D eigenvalue weighted by atomic mass is 10.4. The number of carbonyl (C=O) groups excluding carboxylic acids is 1. The highest BCUT2D eigenvalue weighted by Gasteiger charge is 2.55. The van der Waals surface area contributed by atoms with Crippen molar-refractivity contribution in [3.8, 4) is 0 Å². The van der Waals surface area contributed by atoms with Gasteiger partial charge in [-0.25, -0.2) is 0 Å². The summed E-state index contributed by atoms with van der Waals surface area (Å²) in [6.45, 7) is 5.69. The average Bonchev–Trinajstić information content (AvgIpc) is 2.51. The van der Waals surface area contributed by atoms with Crippen LogP contribution in [0.25, 0.3) is 0 Å². The number of carbonyl (C=O) groups is 1. The van der Waals surface area contributed by atoms with Gasteiger partial charge >= 0.3 is 0 Å². The molecule has 3 heteroatoms. The zero-order valence-electron chi connectivity index (χ0n) is 7.29. The number of rotatable bonds is 2. The Morgan fingerprint density at radius 3 is 2.67 bits per heavy atom. The van der Waals surface area contributed by atoms with Crippen LogP contribution in [0.1, 0.15) is 0 Å². The molecule has 1 heterocycles. The molecule has 2 atom stereocenters. The molecule has 1 amide bonds.